The van der Waals surface area contributed by atoms with Crippen molar-refractivity contribution in [2.45, 2.75) is 39.2 Å². The SMILES string of the molecule is CCCCC(C)NC(=O)C(=O)OC. The van der Waals surface area contributed by atoms with Crippen LogP contribution in [0.2, 0.25) is 0 Å². The Kier molecular flexibility index (Phi) is 5.93. The Morgan fingerprint density at radius 3 is 2.54 bits per heavy atom. The first-order valence-corrected chi connectivity index (χ1v) is 4.50. The lowest BCUT2D eigenvalue weighted by molar-refractivity contribution is -0.153. The van der Waals surface area contributed by atoms with Gasteiger partial charge in [-0.15, -0.1) is 0 Å². The van der Waals surface area contributed by atoms with Crippen molar-refractivity contribution in [3.63, 3.8) is 0 Å². The van der Waals surface area contributed by atoms with Crippen LogP contribution < -0.4 is 5.32 Å². The second-order valence-electron chi connectivity index (χ2n) is 3.01. The van der Waals surface area contributed by atoms with Gasteiger partial charge < -0.3 is 10.1 Å². The van der Waals surface area contributed by atoms with E-state index in [1.165, 1.54) is 7.11 Å². The van der Waals surface area contributed by atoms with Crippen LogP contribution in [0, 0.1) is 0 Å². The first-order valence-electron chi connectivity index (χ1n) is 4.50. The Bertz CT molecular complexity index is 180. The number of rotatable bonds is 4. The Hall–Kier alpha value is -1.06. The number of hydrogen-bond donors (Lipinski definition) is 1. The van der Waals surface area contributed by atoms with E-state index in [4.69, 9.17) is 0 Å². The zero-order chi connectivity index (χ0) is 10.3. The van der Waals surface area contributed by atoms with Gasteiger partial charge in [0.25, 0.3) is 0 Å². The summed E-state index contributed by atoms with van der Waals surface area (Å²) in [6.07, 6.45) is 3.01. The van der Waals surface area contributed by atoms with Crippen LogP contribution in [0.1, 0.15) is 33.1 Å². The highest BCUT2D eigenvalue weighted by Gasteiger charge is 2.15. The van der Waals surface area contributed by atoms with Gasteiger partial charge in [0.1, 0.15) is 0 Å². The lowest BCUT2D eigenvalue weighted by Gasteiger charge is -2.11. The Labute approximate surface area is 78.6 Å². The molecule has 0 aliphatic carbocycles. The van der Waals surface area contributed by atoms with Gasteiger partial charge in [-0.1, -0.05) is 19.8 Å². The summed E-state index contributed by atoms with van der Waals surface area (Å²) >= 11 is 0. The van der Waals surface area contributed by atoms with Gasteiger partial charge in [0, 0.05) is 6.04 Å². The van der Waals surface area contributed by atoms with Gasteiger partial charge in [-0.25, -0.2) is 4.79 Å². The molecule has 0 aromatic rings. The Balaban J connectivity index is 3.71. The van der Waals surface area contributed by atoms with Crippen molar-refractivity contribution in [1.82, 2.24) is 5.32 Å². The van der Waals surface area contributed by atoms with Crippen molar-refractivity contribution in [2.24, 2.45) is 0 Å². The standard InChI is InChI=1S/C9H17NO3/c1-4-5-6-7(2)10-8(11)9(12)13-3/h7H,4-6H2,1-3H3,(H,10,11). The molecule has 0 rings (SSSR count). The van der Waals surface area contributed by atoms with Gasteiger partial charge in [0.15, 0.2) is 0 Å². The van der Waals surface area contributed by atoms with Gasteiger partial charge in [0.2, 0.25) is 0 Å². The molecular formula is C9H17NO3. The molecule has 1 N–H and O–H groups in total. The first-order chi connectivity index (χ1) is 6.11. The quantitative estimate of drug-likeness (QED) is 0.524. The highest BCUT2D eigenvalue weighted by atomic mass is 16.5. The van der Waals surface area contributed by atoms with E-state index in [0.717, 1.165) is 19.3 Å². The van der Waals surface area contributed by atoms with Crippen molar-refractivity contribution in [3.8, 4) is 0 Å². The fourth-order valence-electron chi connectivity index (χ4n) is 0.958. The maximum Gasteiger partial charge on any atom is 0.396 e. The summed E-state index contributed by atoms with van der Waals surface area (Å²) in [5, 5.41) is 2.55. The molecule has 0 aliphatic heterocycles. The van der Waals surface area contributed by atoms with E-state index >= 15 is 0 Å². The molecular weight excluding hydrogens is 170 g/mol. The molecule has 0 saturated heterocycles. The van der Waals surface area contributed by atoms with E-state index in [0.29, 0.717) is 0 Å². The molecule has 0 aromatic carbocycles. The van der Waals surface area contributed by atoms with E-state index in [1.807, 2.05) is 6.92 Å². The highest BCUT2D eigenvalue weighted by molar-refractivity contribution is 6.32. The zero-order valence-electron chi connectivity index (χ0n) is 8.42. The summed E-state index contributed by atoms with van der Waals surface area (Å²) in [5.41, 5.74) is 0. The average Bonchev–Trinajstić information content (AvgIpc) is 2.13. The predicted octanol–water partition coefficient (Wildman–Crippen LogP) is 0.854. The average molecular weight is 187 g/mol. The van der Waals surface area contributed by atoms with Crippen LogP contribution in [-0.4, -0.2) is 25.0 Å². The van der Waals surface area contributed by atoms with Crippen LogP contribution in [0.3, 0.4) is 0 Å². The number of ether oxygens (including phenoxy) is 1. The van der Waals surface area contributed by atoms with Crippen LogP contribution in [-0.2, 0) is 14.3 Å². The second kappa shape index (κ2) is 6.46. The molecule has 1 amide bonds. The maximum atomic E-state index is 11.0. The van der Waals surface area contributed by atoms with Crippen LogP contribution >= 0.6 is 0 Å². The van der Waals surface area contributed by atoms with E-state index in [9.17, 15) is 9.59 Å². The van der Waals surface area contributed by atoms with Gasteiger partial charge >= 0.3 is 11.9 Å². The first kappa shape index (κ1) is 11.9. The summed E-state index contributed by atoms with van der Waals surface area (Å²) in [6, 6.07) is 0.0338. The molecule has 0 aliphatic rings. The highest BCUT2D eigenvalue weighted by Crippen LogP contribution is 1.99. The summed E-state index contributed by atoms with van der Waals surface area (Å²) < 4.78 is 4.27. The lowest BCUT2D eigenvalue weighted by Crippen LogP contribution is -2.38. The fourth-order valence-corrected chi connectivity index (χ4v) is 0.958. The molecule has 0 radical (unpaired) electrons. The number of carbonyl (C=O) groups is 2. The van der Waals surface area contributed by atoms with Crippen molar-refractivity contribution in [3.05, 3.63) is 0 Å². The second-order valence-corrected chi connectivity index (χ2v) is 3.01. The molecule has 0 heterocycles. The maximum absolute atomic E-state index is 11.0. The minimum absolute atomic E-state index is 0.0338. The van der Waals surface area contributed by atoms with Crippen LogP contribution in [0.15, 0.2) is 0 Å². The largest absolute Gasteiger partial charge is 0.462 e. The summed E-state index contributed by atoms with van der Waals surface area (Å²) in [7, 11) is 1.19. The minimum Gasteiger partial charge on any atom is -0.462 e. The van der Waals surface area contributed by atoms with Gasteiger partial charge in [0.05, 0.1) is 7.11 Å². The fraction of sp³-hybridized carbons (Fsp3) is 0.778. The van der Waals surface area contributed by atoms with Crippen LogP contribution in [0.25, 0.3) is 0 Å². The number of nitrogens with one attached hydrogen (secondary N) is 1. The number of hydrogen-bond acceptors (Lipinski definition) is 3. The summed E-state index contributed by atoms with van der Waals surface area (Å²) in [6.45, 7) is 3.95. The van der Waals surface area contributed by atoms with Crippen LogP contribution in [0.4, 0.5) is 0 Å². The van der Waals surface area contributed by atoms with Crippen molar-refractivity contribution in [2.75, 3.05) is 7.11 Å². The van der Waals surface area contributed by atoms with Crippen molar-refractivity contribution >= 4 is 11.9 Å². The summed E-state index contributed by atoms with van der Waals surface area (Å²) in [4.78, 5) is 21.6. The molecule has 4 nitrogen and oxygen atoms in total. The molecule has 0 aromatic heterocycles. The molecule has 1 atom stereocenters. The number of amides is 1. The van der Waals surface area contributed by atoms with Gasteiger partial charge in [-0.3, -0.25) is 4.79 Å². The van der Waals surface area contributed by atoms with E-state index in [-0.39, 0.29) is 6.04 Å². The topological polar surface area (TPSA) is 55.4 Å². The normalized spacial score (nSPS) is 11.9. The molecule has 13 heavy (non-hydrogen) atoms. The number of methoxy groups -OCH3 is 1. The van der Waals surface area contributed by atoms with E-state index in [2.05, 4.69) is 17.0 Å². The lowest BCUT2D eigenvalue weighted by atomic mass is 10.1. The van der Waals surface area contributed by atoms with E-state index < -0.39 is 11.9 Å². The molecule has 0 bridgehead atoms. The smallest absolute Gasteiger partial charge is 0.396 e. The van der Waals surface area contributed by atoms with E-state index in [1.54, 1.807) is 0 Å². The third kappa shape index (κ3) is 5.22. The third-order valence-electron chi connectivity index (χ3n) is 1.74. The molecule has 0 fully saturated rings. The van der Waals surface area contributed by atoms with Crippen LogP contribution in [0.5, 0.6) is 0 Å². The molecule has 1 unspecified atom stereocenters. The molecule has 4 heteroatoms. The zero-order valence-corrected chi connectivity index (χ0v) is 8.42. The molecule has 0 saturated carbocycles. The Morgan fingerprint density at radius 1 is 1.46 bits per heavy atom. The van der Waals surface area contributed by atoms with Crippen molar-refractivity contribution < 1.29 is 14.3 Å². The number of unbranched alkanes of at least 4 members (excludes halogenated alkanes) is 1. The molecule has 0 spiro atoms. The minimum atomic E-state index is -0.830. The monoisotopic (exact) mass is 187 g/mol. The molecule has 76 valence electrons. The Morgan fingerprint density at radius 2 is 2.08 bits per heavy atom. The van der Waals surface area contributed by atoms with Gasteiger partial charge in [-0.2, -0.15) is 0 Å². The number of esters is 1. The predicted molar refractivity (Wildman–Crippen MR) is 49.1 cm³/mol. The third-order valence-corrected chi connectivity index (χ3v) is 1.74. The number of carbonyl (C=O) groups excluding carboxylic acids is 2. The van der Waals surface area contributed by atoms with Crippen molar-refractivity contribution in [1.29, 1.82) is 0 Å². The summed E-state index contributed by atoms with van der Waals surface area (Å²) in [5.74, 6) is -1.49. The van der Waals surface area contributed by atoms with Gasteiger partial charge in [-0.05, 0) is 13.3 Å².